The summed E-state index contributed by atoms with van der Waals surface area (Å²) in [7, 11) is 3.87. The SMILES string of the molecule is Cc1nccn1CC(=O)N1CCCC1c1ccc(N(C)C)nn1. The molecule has 1 saturated heterocycles. The number of rotatable bonds is 4. The van der Waals surface area contributed by atoms with Crippen molar-refractivity contribution in [2.75, 3.05) is 25.5 Å². The molecule has 3 rings (SSSR count). The van der Waals surface area contributed by atoms with Crippen LogP contribution in [0, 0.1) is 6.92 Å². The van der Waals surface area contributed by atoms with Crippen molar-refractivity contribution >= 4 is 11.7 Å². The summed E-state index contributed by atoms with van der Waals surface area (Å²) in [5.41, 5.74) is 0.865. The summed E-state index contributed by atoms with van der Waals surface area (Å²) in [6.07, 6.45) is 5.49. The van der Waals surface area contributed by atoms with Crippen molar-refractivity contribution in [3.8, 4) is 0 Å². The van der Waals surface area contributed by atoms with Gasteiger partial charge in [0, 0.05) is 33.0 Å². The van der Waals surface area contributed by atoms with Crippen molar-refractivity contribution in [3.63, 3.8) is 0 Å². The maximum absolute atomic E-state index is 12.6. The van der Waals surface area contributed by atoms with Gasteiger partial charge in [0.15, 0.2) is 5.82 Å². The lowest BCUT2D eigenvalue weighted by atomic mass is 10.1. The van der Waals surface area contributed by atoms with E-state index < -0.39 is 0 Å². The van der Waals surface area contributed by atoms with Crippen LogP contribution in [0.4, 0.5) is 5.82 Å². The van der Waals surface area contributed by atoms with Gasteiger partial charge in [-0.3, -0.25) is 4.79 Å². The summed E-state index contributed by atoms with van der Waals surface area (Å²) >= 11 is 0. The van der Waals surface area contributed by atoms with Crippen LogP contribution in [0.15, 0.2) is 24.5 Å². The van der Waals surface area contributed by atoms with Gasteiger partial charge in [-0.2, -0.15) is 5.10 Å². The van der Waals surface area contributed by atoms with Gasteiger partial charge < -0.3 is 14.4 Å². The third-order valence-corrected chi connectivity index (χ3v) is 4.27. The van der Waals surface area contributed by atoms with E-state index in [1.165, 1.54) is 0 Å². The van der Waals surface area contributed by atoms with Crippen LogP contribution in [0.1, 0.15) is 30.4 Å². The first-order valence-corrected chi connectivity index (χ1v) is 7.84. The molecule has 2 aromatic rings. The van der Waals surface area contributed by atoms with Gasteiger partial charge in [0.2, 0.25) is 5.91 Å². The Morgan fingerprint density at radius 2 is 2.17 bits per heavy atom. The van der Waals surface area contributed by atoms with E-state index in [0.29, 0.717) is 6.54 Å². The Hall–Kier alpha value is -2.44. The summed E-state index contributed by atoms with van der Waals surface area (Å²) in [5, 5.41) is 8.55. The van der Waals surface area contributed by atoms with E-state index in [9.17, 15) is 4.79 Å². The second kappa shape index (κ2) is 6.36. The highest BCUT2D eigenvalue weighted by molar-refractivity contribution is 5.76. The number of aromatic nitrogens is 4. The normalized spacial score (nSPS) is 17.5. The Balaban J connectivity index is 1.74. The van der Waals surface area contributed by atoms with Gasteiger partial charge in [-0.05, 0) is 31.9 Å². The number of aryl methyl sites for hydroxylation is 1. The summed E-state index contributed by atoms with van der Waals surface area (Å²) < 4.78 is 1.87. The average Bonchev–Trinajstić information content (AvgIpc) is 3.17. The van der Waals surface area contributed by atoms with E-state index in [1.807, 2.05) is 53.7 Å². The Labute approximate surface area is 135 Å². The van der Waals surface area contributed by atoms with Crippen LogP contribution in [0.5, 0.6) is 0 Å². The minimum Gasteiger partial charge on any atom is -0.361 e. The largest absolute Gasteiger partial charge is 0.361 e. The maximum Gasteiger partial charge on any atom is 0.243 e. The fourth-order valence-corrected chi connectivity index (χ4v) is 2.93. The van der Waals surface area contributed by atoms with Crippen molar-refractivity contribution in [1.82, 2.24) is 24.6 Å². The first kappa shape index (κ1) is 15.5. The summed E-state index contributed by atoms with van der Waals surface area (Å²) in [6, 6.07) is 3.94. The maximum atomic E-state index is 12.6. The number of hydrogen-bond acceptors (Lipinski definition) is 5. The van der Waals surface area contributed by atoms with Gasteiger partial charge in [0.1, 0.15) is 12.4 Å². The van der Waals surface area contributed by atoms with E-state index in [1.54, 1.807) is 6.20 Å². The van der Waals surface area contributed by atoms with Crippen LogP contribution in [-0.4, -0.2) is 51.2 Å². The summed E-state index contributed by atoms with van der Waals surface area (Å²) in [5.74, 6) is 1.77. The third kappa shape index (κ3) is 3.18. The highest BCUT2D eigenvalue weighted by Gasteiger charge is 2.31. The van der Waals surface area contributed by atoms with Crippen LogP contribution in [-0.2, 0) is 11.3 Å². The molecule has 7 heteroatoms. The van der Waals surface area contributed by atoms with E-state index >= 15 is 0 Å². The molecule has 0 spiro atoms. The van der Waals surface area contributed by atoms with E-state index in [4.69, 9.17) is 0 Å². The first-order valence-electron chi connectivity index (χ1n) is 7.84. The standard InChI is InChI=1S/C16H22N6O/c1-12-17-8-10-21(12)11-16(23)22-9-4-5-14(22)13-6-7-15(19-18-13)20(2)3/h6-8,10,14H,4-5,9,11H2,1-3H3. The predicted molar refractivity (Wildman–Crippen MR) is 87.0 cm³/mol. The van der Waals surface area contributed by atoms with Gasteiger partial charge in [-0.1, -0.05) is 0 Å². The summed E-state index contributed by atoms with van der Waals surface area (Å²) in [4.78, 5) is 20.6. The number of carbonyl (C=O) groups excluding carboxylic acids is 1. The number of imidazole rings is 1. The molecule has 1 amide bonds. The molecule has 2 aromatic heterocycles. The molecule has 0 saturated carbocycles. The van der Waals surface area contributed by atoms with Crippen molar-refractivity contribution in [2.24, 2.45) is 0 Å². The molecule has 122 valence electrons. The number of anilines is 1. The molecule has 1 unspecified atom stereocenters. The quantitative estimate of drug-likeness (QED) is 0.853. The van der Waals surface area contributed by atoms with Gasteiger partial charge in [-0.25, -0.2) is 4.98 Å². The van der Waals surface area contributed by atoms with Gasteiger partial charge in [0.05, 0.1) is 11.7 Å². The van der Waals surface area contributed by atoms with E-state index in [0.717, 1.165) is 36.7 Å². The lowest BCUT2D eigenvalue weighted by Gasteiger charge is -2.24. The van der Waals surface area contributed by atoms with E-state index in [-0.39, 0.29) is 11.9 Å². The molecule has 0 radical (unpaired) electrons. The molecule has 0 aromatic carbocycles. The highest BCUT2D eigenvalue weighted by atomic mass is 16.2. The van der Waals surface area contributed by atoms with Crippen LogP contribution >= 0.6 is 0 Å². The molecule has 0 bridgehead atoms. The zero-order chi connectivity index (χ0) is 16.4. The molecule has 7 nitrogen and oxygen atoms in total. The van der Waals surface area contributed by atoms with Crippen LogP contribution in [0.25, 0.3) is 0 Å². The lowest BCUT2D eigenvalue weighted by molar-refractivity contribution is -0.132. The first-order chi connectivity index (χ1) is 11.1. The minimum absolute atomic E-state index is 0.0232. The van der Waals surface area contributed by atoms with Gasteiger partial charge in [-0.15, -0.1) is 5.10 Å². The topological polar surface area (TPSA) is 67.2 Å². The lowest BCUT2D eigenvalue weighted by Crippen LogP contribution is -2.34. The number of amides is 1. The van der Waals surface area contributed by atoms with Crippen LogP contribution in [0.2, 0.25) is 0 Å². The van der Waals surface area contributed by atoms with Gasteiger partial charge in [0.25, 0.3) is 0 Å². The number of hydrogen-bond donors (Lipinski definition) is 0. The average molecular weight is 314 g/mol. The van der Waals surface area contributed by atoms with Crippen molar-refractivity contribution in [1.29, 1.82) is 0 Å². The van der Waals surface area contributed by atoms with Crippen molar-refractivity contribution < 1.29 is 4.79 Å². The van der Waals surface area contributed by atoms with E-state index in [2.05, 4.69) is 15.2 Å². The highest BCUT2D eigenvalue weighted by Crippen LogP contribution is 2.31. The molecule has 23 heavy (non-hydrogen) atoms. The fraction of sp³-hybridized carbons (Fsp3) is 0.500. The smallest absolute Gasteiger partial charge is 0.243 e. The Morgan fingerprint density at radius 3 is 2.78 bits per heavy atom. The monoisotopic (exact) mass is 314 g/mol. The van der Waals surface area contributed by atoms with Crippen molar-refractivity contribution in [3.05, 3.63) is 36.0 Å². The third-order valence-electron chi connectivity index (χ3n) is 4.27. The Morgan fingerprint density at radius 1 is 1.35 bits per heavy atom. The summed E-state index contributed by atoms with van der Waals surface area (Å²) in [6.45, 7) is 3.00. The molecule has 3 heterocycles. The number of likely N-dealkylation sites (tertiary alicyclic amines) is 1. The molecular weight excluding hydrogens is 292 g/mol. The Bertz CT molecular complexity index is 678. The van der Waals surface area contributed by atoms with Crippen LogP contribution < -0.4 is 4.90 Å². The molecule has 1 fully saturated rings. The van der Waals surface area contributed by atoms with Crippen molar-refractivity contribution in [2.45, 2.75) is 32.4 Å². The zero-order valence-electron chi connectivity index (χ0n) is 13.8. The molecule has 1 aliphatic rings. The molecule has 0 N–H and O–H groups in total. The Kier molecular flexibility index (Phi) is 4.27. The fourth-order valence-electron chi connectivity index (χ4n) is 2.93. The van der Waals surface area contributed by atoms with Crippen LogP contribution in [0.3, 0.4) is 0 Å². The molecule has 1 atom stereocenters. The number of nitrogens with zero attached hydrogens (tertiary/aromatic N) is 6. The molecular formula is C16H22N6O. The second-order valence-electron chi connectivity index (χ2n) is 6.06. The molecule has 1 aliphatic heterocycles. The molecule has 0 aliphatic carbocycles. The minimum atomic E-state index is 0.0232. The predicted octanol–water partition coefficient (Wildman–Crippen LogP) is 1.41. The second-order valence-corrected chi connectivity index (χ2v) is 6.06. The number of carbonyl (C=O) groups is 1. The van der Waals surface area contributed by atoms with Gasteiger partial charge >= 0.3 is 0 Å². The zero-order valence-corrected chi connectivity index (χ0v) is 13.8.